The molecule has 0 saturated heterocycles. The fourth-order valence-electron chi connectivity index (χ4n) is 3.74. The Bertz CT molecular complexity index is 1260. The molecule has 0 radical (unpaired) electrons. The summed E-state index contributed by atoms with van der Waals surface area (Å²) in [5, 5.41) is 0.316. The van der Waals surface area contributed by atoms with Gasteiger partial charge in [-0.1, -0.05) is 62.7 Å². The summed E-state index contributed by atoms with van der Waals surface area (Å²) >= 11 is 6.68. The Hall–Kier alpha value is -2.74. The number of aromatic nitrogens is 2. The Morgan fingerprint density at radius 2 is 1.63 bits per heavy atom. The number of para-hydroxylation sites is 3. The number of amides is 1. The number of halogens is 1. The maximum Gasteiger partial charge on any atom is 0.243 e. The van der Waals surface area contributed by atoms with Gasteiger partial charge in [0.2, 0.25) is 5.91 Å². The second-order valence-corrected chi connectivity index (χ2v) is 16.0. The third-order valence-corrected chi connectivity index (χ3v) is 11.7. The maximum absolute atomic E-state index is 13.7. The van der Waals surface area contributed by atoms with Gasteiger partial charge < -0.3 is 9.16 Å². The van der Waals surface area contributed by atoms with E-state index in [2.05, 4.69) is 38.8 Å². The standard InChI is InChI=1S/C27H32ClN3O3Si/c1-26(2,3)35(6,7)33-17-21-29-23(28)22-24(30-21)31(25(32)27(22,4)5)19-15-11-12-16-20(19)34-18-13-9-8-10-14-18/h8-16H,17H2,1-7H3. The van der Waals surface area contributed by atoms with Gasteiger partial charge in [-0.15, -0.1) is 0 Å². The van der Waals surface area contributed by atoms with Crippen molar-refractivity contribution in [2.24, 2.45) is 0 Å². The summed E-state index contributed by atoms with van der Waals surface area (Å²) in [7, 11) is -2.03. The van der Waals surface area contributed by atoms with Gasteiger partial charge in [-0.2, -0.15) is 0 Å². The Labute approximate surface area is 213 Å². The molecule has 35 heavy (non-hydrogen) atoms. The smallest absolute Gasteiger partial charge is 0.243 e. The number of benzene rings is 2. The van der Waals surface area contributed by atoms with Crippen LogP contribution in [0.5, 0.6) is 11.5 Å². The van der Waals surface area contributed by atoms with Crippen LogP contribution in [-0.2, 0) is 21.2 Å². The molecule has 4 rings (SSSR count). The van der Waals surface area contributed by atoms with Crippen LogP contribution in [0.1, 0.15) is 46.0 Å². The molecule has 0 bridgehead atoms. The zero-order valence-corrected chi connectivity index (χ0v) is 23.1. The van der Waals surface area contributed by atoms with Gasteiger partial charge in [-0.05, 0) is 56.2 Å². The zero-order chi connectivity index (χ0) is 25.6. The second-order valence-electron chi connectivity index (χ2n) is 10.8. The van der Waals surface area contributed by atoms with E-state index in [1.54, 1.807) is 4.90 Å². The Morgan fingerprint density at radius 3 is 2.29 bits per heavy atom. The summed E-state index contributed by atoms with van der Waals surface area (Å²) in [5.74, 6) is 2.00. The first-order valence-electron chi connectivity index (χ1n) is 11.7. The number of hydrogen-bond acceptors (Lipinski definition) is 5. The lowest BCUT2D eigenvalue weighted by Crippen LogP contribution is -2.40. The van der Waals surface area contributed by atoms with Crippen LogP contribution in [-0.4, -0.2) is 24.2 Å². The van der Waals surface area contributed by atoms with Gasteiger partial charge in [-0.25, -0.2) is 9.97 Å². The Morgan fingerprint density at radius 1 is 1.00 bits per heavy atom. The van der Waals surface area contributed by atoms with E-state index in [9.17, 15) is 4.79 Å². The summed E-state index contributed by atoms with van der Waals surface area (Å²) < 4.78 is 12.5. The van der Waals surface area contributed by atoms with E-state index in [4.69, 9.17) is 25.7 Å². The zero-order valence-electron chi connectivity index (χ0n) is 21.3. The minimum Gasteiger partial charge on any atom is -0.455 e. The number of rotatable bonds is 6. The van der Waals surface area contributed by atoms with Crippen LogP contribution in [0.2, 0.25) is 23.3 Å². The van der Waals surface area contributed by atoms with E-state index >= 15 is 0 Å². The van der Waals surface area contributed by atoms with Gasteiger partial charge in [0.15, 0.2) is 19.9 Å². The van der Waals surface area contributed by atoms with Crippen molar-refractivity contribution in [2.75, 3.05) is 4.90 Å². The van der Waals surface area contributed by atoms with Crippen LogP contribution in [0.4, 0.5) is 11.5 Å². The number of carbonyl (C=O) groups is 1. The largest absolute Gasteiger partial charge is 0.455 e. The van der Waals surface area contributed by atoms with Crippen molar-refractivity contribution in [3.05, 3.63) is 71.1 Å². The molecule has 1 aromatic heterocycles. The molecule has 0 saturated carbocycles. The quantitative estimate of drug-likeness (QED) is 0.256. The van der Waals surface area contributed by atoms with Crippen LogP contribution in [0, 0.1) is 0 Å². The monoisotopic (exact) mass is 509 g/mol. The van der Waals surface area contributed by atoms with Crippen molar-refractivity contribution in [2.45, 2.75) is 64.8 Å². The first-order chi connectivity index (χ1) is 16.3. The lowest BCUT2D eigenvalue weighted by molar-refractivity contribution is -0.121. The third kappa shape index (κ3) is 4.72. The van der Waals surface area contributed by atoms with E-state index in [1.165, 1.54) is 0 Å². The minimum atomic E-state index is -2.03. The first-order valence-corrected chi connectivity index (χ1v) is 15.0. The second kappa shape index (κ2) is 9.04. The Kier molecular flexibility index (Phi) is 6.55. The number of anilines is 2. The molecule has 0 unspecified atom stereocenters. The summed E-state index contributed by atoms with van der Waals surface area (Å²) in [4.78, 5) is 24.6. The highest BCUT2D eigenvalue weighted by atomic mass is 35.5. The van der Waals surface area contributed by atoms with Crippen LogP contribution in [0.15, 0.2) is 54.6 Å². The van der Waals surface area contributed by atoms with E-state index in [0.717, 1.165) is 0 Å². The molecule has 3 aromatic rings. The fraction of sp³-hybridized carbons (Fsp3) is 0.370. The maximum atomic E-state index is 13.7. The summed E-state index contributed by atoms with van der Waals surface area (Å²) in [6.07, 6.45) is 0. The fourth-order valence-corrected chi connectivity index (χ4v) is 5.08. The highest BCUT2D eigenvalue weighted by Crippen LogP contribution is 2.49. The molecule has 2 aromatic carbocycles. The minimum absolute atomic E-state index is 0.0469. The number of nitrogens with zero attached hydrogens (tertiary/aromatic N) is 3. The van der Waals surface area contributed by atoms with Crippen molar-refractivity contribution in [1.29, 1.82) is 0 Å². The first kappa shape index (κ1) is 25.4. The summed E-state index contributed by atoms with van der Waals surface area (Å²) in [6.45, 7) is 14.8. The molecule has 0 fully saturated rings. The molecule has 1 aliphatic heterocycles. The normalized spacial score (nSPS) is 15.3. The number of fused-ring (bicyclic) bond motifs is 1. The molecular weight excluding hydrogens is 478 g/mol. The lowest BCUT2D eigenvalue weighted by Gasteiger charge is -2.35. The lowest BCUT2D eigenvalue weighted by atomic mass is 9.88. The molecule has 8 heteroatoms. The van der Waals surface area contributed by atoms with Crippen molar-refractivity contribution < 1.29 is 14.0 Å². The van der Waals surface area contributed by atoms with Gasteiger partial charge in [0.1, 0.15) is 16.7 Å². The summed E-state index contributed by atoms with van der Waals surface area (Å²) in [6, 6.07) is 16.9. The molecule has 2 heterocycles. The molecule has 0 aliphatic carbocycles. The number of carbonyl (C=O) groups excluding carboxylic acids is 1. The van der Waals surface area contributed by atoms with E-state index in [-0.39, 0.29) is 22.7 Å². The summed E-state index contributed by atoms with van der Waals surface area (Å²) in [5.41, 5.74) is 0.305. The number of hydrogen-bond donors (Lipinski definition) is 0. The van der Waals surface area contributed by atoms with Gasteiger partial charge >= 0.3 is 0 Å². The average Bonchev–Trinajstić information content (AvgIpc) is 2.98. The van der Waals surface area contributed by atoms with Crippen LogP contribution >= 0.6 is 11.6 Å². The predicted octanol–water partition coefficient (Wildman–Crippen LogP) is 7.40. The third-order valence-electron chi connectivity index (χ3n) is 6.91. The molecule has 1 amide bonds. The highest BCUT2D eigenvalue weighted by molar-refractivity contribution is 6.74. The van der Waals surface area contributed by atoms with Gasteiger partial charge in [0, 0.05) is 5.56 Å². The van der Waals surface area contributed by atoms with Crippen molar-refractivity contribution in [3.63, 3.8) is 0 Å². The van der Waals surface area contributed by atoms with Gasteiger partial charge in [0.05, 0.1) is 17.7 Å². The average molecular weight is 510 g/mol. The number of ether oxygens (including phenoxy) is 1. The Balaban J connectivity index is 1.77. The molecule has 6 nitrogen and oxygen atoms in total. The van der Waals surface area contributed by atoms with Gasteiger partial charge in [-0.3, -0.25) is 9.69 Å². The van der Waals surface area contributed by atoms with Crippen LogP contribution in [0.3, 0.4) is 0 Å². The molecule has 184 valence electrons. The van der Waals surface area contributed by atoms with Crippen LogP contribution < -0.4 is 9.64 Å². The van der Waals surface area contributed by atoms with Crippen molar-refractivity contribution in [3.8, 4) is 11.5 Å². The van der Waals surface area contributed by atoms with Crippen LogP contribution in [0.25, 0.3) is 0 Å². The van der Waals surface area contributed by atoms with Crippen molar-refractivity contribution >= 4 is 37.3 Å². The SMILES string of the molecule is CC1(C)C(=O)N(c2ccccc2Oc2ccccc2)c2nc(CO[Si](C)(C)C(C)(C)C)nc(Cl)c21. The molecule has 0 atom stereocenters. The van der Waals surface area contributed by atoms with E-state index in [1.807, 2.05) is 68.4 Å². The topological polar surface area (TPSA) is 64.6 Å². The molecule has 0 spiro atoms. The van der Waals surface area contributed by atoms with Gasteiger partial charge in [0.25, 0.3) is 0 Å². The predicted molar refractivity (Wildman–Crippen MR) is 142 cm³/mol. The molecule has 0 N–H and O–H groups in total. The van der Waals surface area contributed by atoms with E-state index < -0.39 is 13.7 Å². The molecule has 1 aliphatic rings. The highest BCUT2D eigenvalue weighted by Gasteiger charge is 2.49. The van der Waals surface area contributed by atoms with Crippen molar-refractivity contribution in [1.82, 2.24) is 9.97 Å². The molecular formula is C27H32ClN3O3Si. The van der Waals surface area contributed by atoms with E-state index in [0.29, 0.717) is 34.4 Å².